The molecule has 0 N–H and O–H groups in total. The molecule has 5 aromatic rings. The van der Waals surface area contributed by atoms with Crippen LogP contribution in [0.1, 0.15) is 59.5 Å². The lowest BCUT2D eigenvalue weighted by Crippen LogP contribution is -2.33. The van der Waals surface area contributed by atoms with E-state index in [9.17, 15) is 14.4 Å². The molecule has 1 amide bonds. The fraction of sp³-hybridized carbons (Fsp3) is 0.242. The van der Waals surface area contributed by atoms with Gasteiger partial charge in [0.2, 0.25) is 0 Å². The molecule has 208 valence electrons. The largest absolute Gasteiger partial charge is 0.462 e. The van der Waals surface area contributed by atoms with Gasteiger partial charge in [-0.05, 0) is 60.2 Å². The van der Waals surface area contributed by atoms with E-state index in [0.29, 0.717) is 29.8 Å². The topological polar surface area (TPSA) is 95.0 Å². The third-order valence-electron chi connectivity index (χ3n) is 6.96. The van der Waals surface area contributed by atoms with Crippen molar-refractivity contribution in [3.8, 4) is 0 Å². The van der Waals surface area contributed by atoms with E-state index in [1.54, 1.807) is 48.0 Å². The first kappa shape index (κ1) is 27.7. The Morgan fingerprint density at radius 3 is 2.34 bits per heavy atom. The molecule has 0 fully saturated rings. The molecule has 3 heterocycles. The van der Waals surface area contributed by atoms with Crippen LogP contribution in [0.3, 0.4) is 0 Å². The maximum absolute atomic E-state index is 13.6. The number of hydrogen-bond donors (Lipinski definition) is 0. The van der Waals surface area contributed by atoms with Crippen molar-refractivity contribution < 1.29 is 14.3 Å². The molecule has 0 spiro atoms. The summed E-state index contributed by atoms with van der Waals surface area (Å²) < 4.78 is 8.46. The van der Waals surface area contributed by atoms with E-state index in [-0.39, 0.29) is 34.0 Å². The van der Waals surface area contributed by atoms with Crippen LogP contribution in [-0.4, -0.2) is 32.4 Å². The van der Waals surface area contributed by atoms with E-state index >= 15 is 0 Å². The molecule has 0 radical (unpaired) electrons. The average Bonchev–Trinajstić information content (AvgIpc) is 2.97. The Hall–Kier alpha value is -4.85. The fourth-order valence-corrected chi connectivity index (χ4v) is 4.73. The minimum atomic E-state index is -0.671. The van der Waals surface area contributed by atoms with Crippen molar-refractivity contribution in [1.82, 2.24) is 14.0 Å². The first-order chi connectivity index (χ1) is 19.7. The molecular formula is C33H32N4O4. The highest BCUT2D eigenvalue weighted by atomic mass is 16.5. The third-order valence-corrected chi connectivity index (χ3v) is 6.96. The zero-order chi connectivity index (χ0) is 29.1. The summed E-state index contributed by atoms with van der Waals surface area (Å²) in [6.07, 6.45) is 2.19. The van der Waals surface area contributed by atoms with Crippen molar-refractivity contribution >= 4 is 28.6 Å². The number of amides is 1. The molecule has 0 saturated heterocycles. The van der Waals surface area contributed by atoms with Crippen LogP contribution < -0.4 is 11.0 Å². The molecule has 0 unspecified atom stereocenters. The minimum absolute atomic E-state index is 0.0295. The zero-order valence-corrected chi connectivity index (χ0v) is 23.6. The lowest BCUT2D eigenvalue weighted by Gasteiger charge is -2.18. The number of pyridine rings is 2. The van der Waals surface area contributed by atoms with Crippen LogP contribution in [0.15, 0.2) is 94.8 Å². The Bertz CT molecular complexity index is 1880. The molecule has 0 aliphatic carbocycles. The van der Waals surface area contributed by atoms with Crippen LogP contribution in [-0.2, 0) is 23.1 Å². The van der Waals surface area contributed by atoms with Crippen molar-refractivity contribution in [2.24, 2.45) is 4.99 Å². The van der Waals surface area contributed by atoms with Gasteiger partial charge in [0, 0.05) is 18.3 Å². The maximum atomic E-state index is 13.6. The van der Waals surface area contributed by atoms with Crippen LogP contribution in [0.4, 0.5) is 0 Å². The lowest BCUT2D eigenvalue weighted by atomic mass is 9.87. The number of esters is 1. The predicted molar refractivity (Wildman–Crippen MR) is 158 cm³/mol. The van der Waals surface area contributed by atoms with Gasteiger partial charge in [-0.2, -0.15) is 4.99 Å². The number of carbonyl (C=O) groups excluding carboxylic acids is 2. The van der Waals surface area contributed by atoms with Crippen LogP contribution in [0.5, 0.6) is 0 Å². The number of nitrogens with zero attached hydrogens (tertiary/aromatic N) is 4. The quantitative estimate of drug-likeness (QED) is 0.217. The molecule has 5 rings (SSSR count). The van der Waals surface area contributed by atoms with E-state index in [2.05, 4.69) is 25.8 Å². The monoisotopic (exact) mass is 548 g/mol. The van der Waals surface area contributed by atoms with Gasteiger partial charge in [0.15, 0.2) is 5.49 Å². The highest BCUT2D eigenvalue weighted by Crippen LogP contribution is 2.22. The highest BCUT2D eigenvalue weighted by molar-refractivity contribution is 5.97. The summed E-state index contributed by atoms with van der Waals surface area (Å²) >= 11 is 0. The number of fused-ring (bicyclic) bond motifs is 2. The molecule has 0 atom stereocenters. The Morgan fingerprint density at radius 1 is 0.951 bits per heavy atom. The molecular weight excluding hydrogens is 516 g/mol. The summed E-state index contributed by atoms with van der Waals surface area (Å²) in [5.74, 6) is -1.18. The van der Waals surface area contributed by atoms with Gasteiger partial charge in [-0.25, -0.2) is 9.78 Å². The Labute approximate surface area is 237 Å². The van der Waals surface area contributed by atoms with Gasteiger partial charge in [-0.1, -0.05) is 69.3 Å². The van der Waals surface area contributed by atoms with Crippen molar-refractivity contribution in [2.75, 3.05) is 6.61 Å². The first-order valence-corrected chi connectivity index (χ1v) is 13.6. The first-order valence-electron chi connectivity index (χ1n) is 13.6. The van der Waals surface area contributed by atoms with Crippen LogP contribution >= 0.6 is 0 Å². The second-order valence-electron chi connectivity index (χ2n) is 10.8. The molecule has 0 bridgehead atoms. The summed E-state index contributed by atoms with van der Waals surface area (Å²) in [6.45, 7) is 8.44. The van der Waals surface area contributed by atoms with Crippen molar-refractivity contribution in [3.63, 3.8) is 0 Å². The van der Waals surface area contributed by atoms with Gasteiger partial charge in [-0.3, -0.25) is 14.0 Å². The Morgan fingerprint density at radius 2 is 1.66 bits per heavy atom. The number of ether oxygens (including phenoxy) is 1. The zero-order valence-electron chi connectivity index (χ0n) is 23.6. The van der Waals surface area contributed by atoms with Gasteiger partial charge >= 0.3 is 5.97 Å². The van der Waals surface area contributed by atoms with E-state index in [0.717, 1.165) is 11.1 Å². The van der Waals surface area contributed by atoms with Crippen molar-refractivity contribution in [3.05, 3.63) is 123 Å². The highest BCUT2D eigenvalue weighted by Gasteiger charge is 2.21. The fourth-order valence-electron chi connectivity index (χ4n) is 4.73. The number of carbonyl (C=O) groups is 2. The third kappa shape index (κ3) is 5.72. The summed E-state index contributed by atoms with van der Waals surface area (Å²) in [5, 5.41) is 0.228. The molecule has 8 heteroatoms. The number of rotatable bonds is 6. The van der Waals surface area contributed by atoms with Crippen LogP contribution in [0.2, 0.25) is 0 Å². The molecule has 41 heavy (non-hydrogen) atoms. The van der Waals surface area contributed by atoms with Gasteiger partial charge in [0.1, 0.15) is 16.9 Å². The van der Waals surface area contributed by atoms with E-state index in [4.69, 9.17) is 9.72 Å². The number of aromatic nitrogens is 3. The van der Waals surface area contributed by atoms with Gasteiger partial charge < -0.3 is 9.30 Å². The smallest absolute Gasteiger partial charge is 0.341 e. The average molecular weight is 549 g/mol. The van der Waals surface area contributed by atoms with E-state index < -0.39 is 11.9 Å². The second-order valence-corrected chi connectivity index (χ2v) is 10.8. The molecule has 0 aliphatic rings. The number of hydrogen-bond acceptors (Lipinski definition) is 5. The standard InChI is InChI=1S/C33H32N4O4/c1-5-41-32(40)26-21-25-28(34-27-13-9-10-19-36(27)31(25)39)37(20-18-22-11-7-6-8-12-22)29(26)35-30(38)23-14-16-24(17-15-23)33(2,3)4/h6-17,19,21H,5,18,20H2,1-4H3. The van der Waals surface area contributed by atoms with Crippen molar-refractivity contribution in [1.29, 1.82) is 0 Å². The van der Waals surface area contributed by atoms with Gasteiger partial charge in [-0.15, -0.1) is 0 Å². The minimum Gasteiger partial charge on any atom is -0.462 e. The summed E-state index contributed by atoms with van der Waals surface area (Å²) in [6, 6.07) is 23.8. The lowest BCUT2D eigenvalue weighted by molar-refractivity contribution is 0.0523. The number of aryl methyl sites for hydroxylation is 2. The Balaban J connectivity index is 1.78. The normalized spacial score (nSPS) is 12.1. The maximum Gasteiger partial charge on any atom is 0.341 e. The van der Waals surface area contributed by atoms with E-state index in [1.165, 1.54) is 10.5 Å². The van der Waals surface area contributed by atoms with Crippen LogP contribution in [0, 0.1) is 0 Å². The summed E-state index contributed by atoms with van der Waals surface area (Å²) in [4.78, 5) is 49.6. The van der Waals surface area contributed by atoms with Gasteiger partial charge in [0.05, 0.1) is 12.0 Å². The molecule has 0 saturated carbocycles. The van der Waals surface area contributed by atoms with Crippen LogP contribution in [0.25, 0.3) is 16.7 Å². The summed E-state index contributed by atoms with van der Waals surface area (Å²) in [5.41, 5.74) is 3.01. The summed E-state index contributed by atoms with van der Waals surface area (Å²) in [7, 11) is 0. The second kappa shape index (κ2) is 11.3. The number of benzene rings is 2. The predicted octanol–water partition coefficient (Wildman–Crippen LogP) is 5.11. The Kier molecular flexibility index (Phi) is 7.66. The molecule has 8 nitrogen and oxygen atoms in total. The van der Waals surface area contributed by atoms with E-state index in [1.807, 2.05) is 42.5 Å². The van der Waals surface area contributed by atoms with Gasteiger partial charge in [0.25, 0.3) is 11.5 Å². The molecule has 0 aliphatic heterocycles. The molecule has 3 aromatic heterocycles. The molecule has 2 aromatic carbocycles. The SMILES string of the molecule is CCOC(=O)c1cc2c(=O)n3ccccc3nc2n(CCc2ccccc2)c1=NC(=O)c1ccc(C(C)(C)C)cc1. The van der Waals surface area contributed by atoms with Crippen molar-refractivity contribution in [2.45, 2.75) is 46.1 Å².